The number of rotatable bonds is 12. The summed E-state index contributed by atoms with van der Waals surface area (Å²) >= 11 is 0. The molecule has 1 aromatic carbocycles. The zero-order valence-electron chi connectivity index (χ0n) is 23.6. The average molecular weight is 546 g/mol. The summed E-state index contributed by atoms with van der Waals surface area (Å²) in [6, 6.07) is 9.16. The van der Waals surface area contributed by atoms with Crippen molar-refractivity contribution in [3.8, 4) is 0 Å². The summed E-state index contributed by atoms with van der Waals surface area (Å²) < 4.78 is 2.25. The van der Waals surface area contributed by atoms with Gasteiger partial charge in [-0.3, -0.25) is 4.99 Å². The highest BCUT2D eigenvalue weighted by Crippen LogP contribution is 2.42. The molecule has 11 nitrogen and oxygen atoms in total. The van der Waals surface area contributed by atoms with Gasteiger partial charge in [-0.15, -0.1) is 0 Å². The maximum Gasteiger partial charge on any atom is 0.226 e. The van der Waals surface area contributed by atoms with Gasteiger partial charge in [0.25, 0.3) is 0 Å². The van der Waals surface area contributed by atoms with E-state index >= 15 is 0 Å². The normalized spacial score (nSPS) is 18.6. The van der Waals surface area contributed by atoms with E-state index in [2.05, 4.69) is 61.2 Å². The van der Waals surface area contributed by atoms with Crippen molar-refractivity contribution in [1.29, 1.82) is 0 Å². The van der Waals surface area contributed by atoms with Gasteiger partial charge in [0.1, 0.15) is 0 Å². The average Bonchev–Trinajstić information content (AvgIpc) is 3.58. The molecule has 2 aliphatic heterocycles. The van der Waals surface area contributed by atoms with E-state index < -0.39 is 0 Å². The van der Waals surface area contributed by atoms with Crippen molar-refractivity contribution in [2.45, 2.75) is 57.9 Å². The molecule has 3 fully saturated rings. The summed E-state index contributed by atoms with van der Waals surface area (Å²) in [7, 11) is 0. The molecule has 0 unspecified atom stereocenters. The van der Waals surface area contributed by atoms with E-state index in [0.29, 0.717) is 23.9 Å². The van der Waals surface area contributed by atoms with Crippen LogP contribution in [0.5, 0.6) is 0 Å². The van der Waals surface area contributed by atoms with E-state index in [-0.39, 0.29) is 5.96 Å². The van der Waals surface area contributed by atoms with Gasteiger partial charge in [0, 0.05) is 62.1 Å². The van der Waals surface area contributed by atoms with Crippen LogP contribution in [0, 0.1) is 5.41 Å². The number of aromatic nitrogens is 4. The molecule has 2 saturated heterocycles. The lowest BCUT2D eigenvalue weighted by Gasteiger charge is -2.61. The number of nitrogens with two attached hydrogens (primary N) is 2. The number of imidazole rings is 1. The molecule has 4 heterocycles. The summed E-state index contributed by atoms with van der Waals surface area (Å²) in [5.74, 6) is 1.52. The predicted octanol–water partition coefficient (Wildman–Crippen LogP) is 3.68. The minimum absolute atomic E-state index is 0.152. The van der Waals surface area contributed by atoms with Crippen LogP contribution in [0.1, 0.15) is 57.9 Å². The monoisotopic (exact) mass is 545 g/mol. The van der Waals surface area contributed by atoms with E-state index in [1.54, 1.807) is 0 Å². The van der Waals surface area contributed by atoms with Crippen molar-refractivity contribution in [3.05, 3.63) is 30.6 Å². The summed E-state index contributed by atoms with van der Waals surface area (Å²) in [4.78, 5) is 23.6. The van der Waals surface area contributed by atoms with Crippen molar-refractivity contribution in [2.24, 2.45) is 21.9 Å². The molecule has 0 atom stereocenters. The molecule has 1 aliphatic carbocycles. The lowest BCUT2D eigenvalue weighted by atomic mass is 9.72. The van der Waals surface area contributed by atoms with Gasteiger partial charge in [0.15, 0.2) is 22.9 Å². The molecule has 1 spiro atoms. The van der Waals surface area contributed by atoms with Crippen molar-refractivity contribution < 1.29 is 0 Å². The Labute approximate surface area is 236 Å². The van der Waals surface area contributed by atoms with Crippen LogP contribution in [0.3, 0.4) is 0 Å². The van der Waals surface area contributed by atoms with Crippen molar-refractivity contribution in [3.63, 3.8) is 0 Å². The van der Waals surface area contributed by atoms with Crippen LogP contribution in [0.4, 0.5) is 23.1 Å². The fraction of sp³-hybridized carbons (Fsp3) is 0.586. The zero-order valence-corrected chi connectivity index (χ0v) is 23.6. The molecule has 1 saturated carbocycles. The Morgan fingerprint density at radius 3 is 2.52 bits per heavy atom. The number of hydrogen-bond acceptors (Lipinski definition) is 8. The van der Waals surface area contributed by atoms with Crippen LogP contribution >= 0.6 is 0 Å². The molecule has 40 heavy (non-hydrogen) atoms. The van der Waals surface area contributed by atoms with Crippen molar-refractivity contribution >= 4 is 40.3 Å². The van der Waals surface area contributed by atoms with E-state index in [9.17, 15) is 0 Å². The minimum Gasteiger partial charge on any atom is -0.370 e. The van der Waals surface area contributed by atoms with Crippen LogP contribution < -0.4 is 27.0 Å². The van der Waals surface area contributed by atoms with E-state index in [1.165, 1.54) is 44.5 Å². The number of nitrogens with zero attached hydrogens (tertiary/aromatic N) is 7. The van der Waals surface area contributed by atoms with Crippen LogP contribution in [0.15, 0.2) is 35.6 Å². The number of aliphatic imine (C=N–C) groups is 1. The van der Waals surface area contributed by atoms with Gasteiger partial charge in [0.2, 0.25) is 5.95 Å². The lowest BCUT2D eigenvalue weighted by Crippen LogP contribution is -2.72. The summed E-state index contributed by atoms with van der Waals surface area (Å²) in [5.41, 5.74) is 15.3. The summed E-state index contributed by atoms with van der Waals surface area (Å²) in [6.45, 7) is 9.65. The highest BCUT2D eigenvalue weighted by Gasteiger charge is 2.51. The fourth-order valence-electron chi connectivity index (χ4n) is 6.52. The Morgan fingerprint density at radius 1 is 1.02 bits per heavy atom. The molecular formula is C29H43N11. The zero-order chi connectivity index (χ0) is 27.5. The van der Waals surface area contributed by atoms with E-state index in [4.69, 9.17) is 26.4 Å². The first-order chi connectivity index (χ1) is 19.5. The van der Waals surface area contributed by atoms with Crippen molar-refractivity contribution in [1.82, 2.24) is 24.4 Å². The standard InChI is InChI=1S/C29H43N11/c1-2-38-16-29(17-38)18-39(19-29)22-12-10-21(11-13-22)35-25-24-26(40(20-34-24)23-8-4-5-9-23)37-28(36-25)33-15-7-3-6-14-32-27(30)31/h10-13,20,23H,2-9,14-19H2,1H3,(H4,30,31,32)(H2,33,35,36,37). The van der Waals surface area contributed by atoms with Gasteiger partial charge < -0.3 is 36.5 Å². The van der Waals surface area contributed by atoms with Gasteiger partial charge in [-0.1, -0.05) is 19.8 Å². The van der Waals surface area contributed by atoms with Crippen LogP contribution in [-0.2, 0) is 0 Å². The quantitative estimate of drug-likeness (QED) is 0.152. The molecule has 11 heteroatoms. The number of unbranched alkanes of at least 4 members (excludes halogenated alkanes) is 2. The maximum atomic E-state index is 5.41. The van der Waals surface area contributed by atoms with Crippen molar-refractivity contribution in [2.75, 3.05) is 61.3 Å². The third kappa shape index (κ3) is 5.65. The van der Waals surface area contributed by atoms with Gasteiger partial charge >= 0.3 is 0 Å². The van der Waals surface area contributed by atoms with E-state index in [1.807, 2.05) is 6.33 Å². The lowest BCUT2D eigenvalue weighted by molar-refractivity contribution is -0.0177. The number of fused-ring (bicyclic) bond motifs is 1. The fourth-order valence-corrected chi connectivity index (χ4v) is 6.52. The second kappa shape index (κ2) is 11.5. The molecule has 6 N–H and O–H groups in total. The first-order valence-electron chi connectivity index (χ1n) is 14.9. The number of guanidine groups is 1. The SMILES string of the molecule is CCN1CC2(C1)CN(c1ccc(Nc3nc(NCCCCCN=C(N)N)nc4c3ncn4C3CCCC3)cc1)C2. The topological polar surface area (TPSA) is 139 Å². The largest absolute Gasteiger partial charge is 0.370 e. The molecule has 3 aliphatic rings. The highest BCUT2D eigenvalue weighted by molar-refractivity contribution is 5.86. The third-order valence-corrected chi connectivity index (χ3v) is 8.66. The highest BCUT2D eigenvalue weighted by atomic mass is 15.3. The summed E-state index contributed by atoms with van der Waals surface area (Å²) in [5, 5.41) is 6.98. The number of anilines is 4. The van der Waals surface area contributed by atoms with Crippen LogP contribution in [0.25, 0.3) is 11.2 Å². The number of likely N-dealkylation sites (tertiary alicyclic amines) is 1. The molecule has 0 amide bonds. The first kappa shape index (κ1) is 26.6. The molecule has 0 bridgehead atoms. The molecule has 3 aromatic rings. The Hall–Kier alpha value is -3.60. The molecule has 2 aromatic heterocycles. The van der Waals surface area contributed by atoms with Gasteiger partial charge in [-0.05, 0) is 62.9 Å². The maximum absolute atomic E-state index is 5.41. The Morgan fingerprint density at radius 2 is 1.80 bits per heavy atom. The van der Waals surface area contributed by atoms with Gasteiger partial charge in [-0.2, -0.15) is 9.97 Å². The molecule has 6 rings (SSSR count). The van der Waals surface area contributed by atoms with Gasteiger partial charge in [-0.25, -0.2) is 4.98 Å². The number of hydrogen-bond donors (Lipinski definition) is 4. The third-order valence-electron chi connectivity index (χ3n) is 8.66. The van der Waals surface area contributed by atoms with E-state index in [0.717, 1.165) is 68.1 Å². The predicted molar refractivity (Wildman–Crippen MR) is 162 cm³/mol. The Kier molecular flexibility index (Phi) is 7.64. The first-order valence-corrected chi connectivity index (χ1v) is 14.9. The molecule has 214 valence electrons. The number of benzene rings is 1. The van der Waals surface area contributed by atoms with Crippen LogP contribution in [-0.4, -0.2) is 76.2 Å². The smallest absolute Gasteiger partial charge is 0.226 e. The van der Waals surface area contributed by atoms with Crippen LogP contribution in [0.2, 0.25) is 0 Å². The second-order valence-corrected chi connectivity index (χ2v) is 11.8. The van der Waals surface area contributed by atoms with Gasteiger partial charge in [0.05, 0.1) is 6.33 Å². The Balaban J connectivity index is 1.13. The summed E-state index contributed by atoms with van der Waals surface area (Å²) in [6.07, 6.45) is 9.77. The number of nitrogens with one attached hydrogen (secondary N) is 2. The Bertz CT molecular complexity index is 1310. The second-order valence-electron chi connectivity index (χ2n) is 11.8. The molecule has 0 radical (unpaired) electrons. The molecular weight excluding hydrogens is 502 g/mol. The minimum atomic E-state index is 0.152.